The van der Waals surface area contributed by atoms with Gasteiger partial charge in [-0.25, -0.2) is 0 Å². The van der Waals surface area contributed by atoms with Crippen molar-refractivity contribution in [1.82, 2.24) is 0 Å². The number of hydrogen-bond donors (Lipinski definition) is 1. The van der Waals surface area contributed by atoms with Gasteiger partial charge >= 0.3 is 0 Å². The summed E-state index contributed by atoms with van der Waals surface area (Å²) in [5, 5.41) is 2.98. The average molecular weight is 347 g/mol. The minimum atomic E-state index is -0.0482. The molecule has 0 saturated heterocycles. The molecule has 0 unspecified atom stereocenters. The van der Waals surface area contributed by atoms with Gasteiger partial charge in [-0.15, -0.1) is 11.3 Å². The van der Waals surface area contributed by atoms with E-state index in [1.165, 1.54) is 4.88 Å². The second-order valence-electron chi connectivity index (χ2n) is 5.95. The third kappa shape index (κ3) is 2.96. The van der Waals surface area contributed by atoms with Gasteiger partial charge < -0.3 is 10.1 Å². The second-order valence-corrected chi connectivity index (χ2v) is 7.27. The van der Waals surface area contributed by atoms with Crippen LogP contribution in [0.5, 0.6) is 5.75 Å². The molecule has 1 aliphatic rings. The number of carbonyl (C=O) groups excluding carboxylic acids is 1. The number of rotatable bonds is 3. The third-order valence-electron chi connectivity index (χ3n) is 4.27. The average Bonchev–Trinajstić information content (AvgIpc) is 3.18. The van der Waals surface area contributed by atoms with Gasteiger partial charge in [0, 0.05) is 21.0 Å². The van der Waals surface area contributed by atoms with Gasteiger partial charge in [0.15, 0.2) is 0 Å². The van der Waals surface area contributed by atoms with Gasteiger partial charge in [-0.3, -0.25) is 4.79 Å². The summed E-state index contributed by atoms with van der Waals surface area (Å²) >= 11 is 1.69. The highest BCUT2D eigenvalue weighted by Crippen LogP contribution is 2.37. The van der Waals surface area contributed by atoms with E-state index in [0.717, 1.165) is 38.6 Å². The molecule has 1 N–H and O–H groups in total. The zero-order valence-corrected chi connectivity index (χ0v) is 14.8. The van der Waals surface area contributed by atoms with Gasteiger partial charge in [-0.2, -0.15) is 0 Å². The lowest BCUT2D eigenvalue weighted by Gasteiger charge is -2.06. The van der Waals surface area contributed by atoms with E-state index in [1.54, 1.807) is 18.4 Å². The van der Waals surface area contributed by atoms with E-state index in [2.05, 4.69) is 24.4 Å². The SMILES string of the molecule is COc1ccc(-c2ccc3c(c2)NC(=O)C3=Cc2ccc(C)s2)cc1. The highest BCUT2D eigenvalue weighted by molar-refractivity contribution is 7.12. The van der Waals surface area contributed by atoms with Crippen molar-refractivity contribution in [3.8, 4) is 16.9 Å². The molecule has 4 rings (SSSR count). The van der Waals surface area contributed by atoms with Crippen LogP contribution < -0.4 is 10.1 Å². The molecule has 124 valence electrons. The molecule has 3 nitrogen and oxygen atoms in total. The summed E-state index contributed by atoms with van der Waals surface area (Å²) < 4.78 is 5.20. The molecule has 0 atom stereocenters. The maximum Gasteiger partial charge on any atom is 0.256 e. The molecule has 1 aliphatic heterocycles. The first-order chi connectivity index (χ1) is 12.1. The number of benzene rings is 2. The number of carbonyl (C=O) groups is 1. The third-order valence-corrected chi connectivity index (χ3v) is 5.22. The van der Waals surface area contributed by atoms with Gasteiger partial charge in [0.25, 0.3) is 5.91 Å². The van der Waals surface area contributed by atoms with E-state index in [1.807, 2.05) is 48.5 Å². The molecule has 0 spiro atoms. The first-order valence-electron chi connectivity index (χ1n) is 8.02. The number of anilines is 1. The van der Waals surface area contributed by atoms with Crippen molar-refractivity contribution in [2.45, 2.75) is 6.92 Å². The summed E-state index contributed by atoms with van der Waals surface area (Å²) in [5.74, 6) is 0.780. The van der Waals surface area contributed by atoms with E-state index in [0.29, 0.717) is 0 Å². The van der Waals surface area contributed by atoms with E-state index in [9.17, 15) is 4.79 Å². The Balaban J connectivity index is 1.71. The summed E-state index contributed by atoms with van der Waals surface area (Å²) in [6.07, 6.45) is 1.96. The van der Waals surface area contributed by atoms with Crippen molar-refractivity contribution in [3.05, 3.63) is 69.9 Å². The highest BCUT2D eigenvalue weighted by atomic mass is 32.1. The summed E-state index contributed by atoms with van der Waals surface area (Å²) in [5.41, 5.74) is 4.68. The van der Waals surface area contributed by atoms with Crippen molar-refractivity contribution >= 4 is 34.6 Å². The Morgan fingerprint density at radius 1 is 1.00 bits per heavy atom. The van der Waals surface area contributed by atoms with Crippen molar-refractivity contribution in [3.63, 3.8) is 0 Å². The molecule has 4 heteroatoms. The fraction of sp³-hybridized carbons (Fsp3) is 0.0952. The minimum Gasteiger partial charge on any atom is -0.497 e. The lowest BCUT2D eigenvalue weighted by Crippen LogP contribution is -2.03. The predicted molar refractivity (Wildman–Crippen MR) is 104 cm³/mol. The summed E-state index contributed by atoms with van der Waals surface area (Å²) in [6, 6.07) is 18.1. The topological polar surface area (TPSA) is 38.3 Å². The van der Waals surface area contributed by atoms with Crippen molar-refractivity contribution in [2.24, 2.45) is 0 Å². The number of methoxy groups -OCH3 is 1. The van der Waals surface area contributed by atoms with E-state index in [4.69, 9.17) is 4.74 Å². The first kappa shape index (κ1) is 15.7. The smallest absolute Gasteiger partial charge is 0.256 e. The Labute approximate surface area is 150 Å². The quantitative estimate of drug-likeness (QED) is 0.659. The van der Waals surface area contributed by atoms with Gasteiger partial charge in [0.05, 0.1) is 12.7 Å². The van der Waals surface area contributed by atoms with Crippen LogP contribution in [-0.4, -0.2) is 13.0 Å². The molecule has 2 heterocycles. The van der Waals surface area contributed by atoms with Crippen molar-refractivity contribution in [1.29, 1.82) is 0 Å². The molecule has 0 aliphatic carbocycles. The number of thiophene rings is 1. The van der Waals surface area contributed by atoms with Crippen molar-refractivity contribution in [2.75, 3.05) is 12.4 Å². The Hall–Kier alpha value is -2.85. The molecule has 2 aromatic carbocycles. The Morgan fingerprint density at radius 3 is 2.44 bits per heavy atom. The molecule has 0 saturated carbocycles. The van der Waals surface area contributed by atoms with Gasteiger partial charge in [-0.05, 0) is 54.5 Å². The summed E-state index contributed by atoms with van der Waals surface area (Å²) in [4.78, 5) is 14.7. The number of aryl methyl sites for hydroxylation is 1. The van der Waals surface area contributed by atoms with Gasteiger partial charge in [0.1, 0.15) is 5.75 Å². The van der Waals surface area contributed by atoms with Crippen LogP contribution in [0, 0.1) is 6.92 Å². The molecular weight excluding hydrogens is 330 g/mol. The molecular formula is C21H17NO2S. The molecule has 0 fully saturated rings. The zero-order valence-electron chi connectivity index (χ0n) is 14.0. The minimum absolute atomic E-state index is 0.0482. The predicted octanol–water partition coefficient (Wildman–Crippen LogP) is 5.22. The van der Waals surface area contributed by atoms with Crippen molar-refractivity contribution < 1.29 is 9.53 Å². The highest BCUT2D eigenvalue weighted by Gasteiger charge is 2.24. The Bertz CT molecular complexity index is 983. The number of amides is 1. The molecule has 0 radical (unpaired) electrons. The maximum atomic E-state index is 12.4. The van der Waals surface area contributed by atoms with Crippen LogP contribution in [0.15, 0.2) is 54.6 Å². The van der Waals surface area contributed by atoms with Crippen LogP contribution in [0.1, 0.15) is 15.3 Å². The summed E-state index contributed by atoms with van der Waals surface area (Å²) in [6.45, 7) is 2.07. The van der Waals surface area contributed by atoms with Crippen LogP contribution >= 0.6 is 11.3 Å². The van der Waals surface area contributed by atoms with E-state index < -0.39 is 0 Å². The van der Waals surface area contributed by atoms with Gasteiger partial charge in [-0.1, -0.05) is 24.3 Å². The molecule has 3 aromatic rings. The maximum absolute atomic E-state index is 12.4. The summed E-state index contributed by atoms with van der Waals surface area (Å²) in [7, 11) is 1.66. The normalized spacial score (nSPS) is 14.5. The number of ether oxygens (including phenoxy) is 1. The number of nitrogens with one attached hydrogen (secondary N) is 1. The first-order valence-corrected chi connectivity index (χ1v) is 8.84. The molecule has 1 amide bonds. The van der Waals surface area contributed by atoms with Crippen LogP contribution in [-0.2, 0) is 4.79 Å². The van der Waals surface area contributed by atoms with Crippen LogP contribution in [0.3, 0.4) is 0 Å². The standard InChI is InChI=1S/C21H17NO2S/c1-13-3-9-17(25-13)12-19-18-10-6-15(11-20(18)22-21(19)23)14-4-7-16(24-2)8-5-14/h3-12H,1-2H3,(H,22,23). The van der Waals surface area contributed by atoms with Crippen LogP contribution in [0.25, 0.3) is 22.8 Å². The lowest BCUT2D eigenvalue weighted by atomic mass is 10.00. The second kappa shape index (κ2) is 6.22. The van der Waals surface area contributed by atoms with E-state index in [-0.39, 0.29) is 5.91 Å². The van der Waals surface area contributed by atoms with E-state index >= 15 is 0 Å². The number of fused-ring (bicyclic) bond motifs is 1. The largest absolute Gasteiger partial charge is 0.497 e. The van der Waals surface area contributed by atoms with Gasteiger partial charge in [0.2, 0.25) is 0 Å². The Kier molecular flexibility index (Phi) is 3.90. The molecule has 0 bridgehead atoms. The Morgan fingerprint density at radius 2 is 1.76 bits per heavy atom. The fourth-order valence-corrected chi connectivity index (χ4v) is 3.79. The van der Waals surface area contributed by atoms with Crippen LogP contribution in [0.4, 0.5) is 5.69 Å². The molecule has 25 heavy (non-hydrogen) atoms. The monoisotopic (exact) mass is 347 g/mol. The number of hydrogen-bond acceptors (Lipinski definition) is 3. The van der Waals surface area contributed by atoms with Crippen LogP contribution in [0.2, 0.25) is 0 Å². The molecule has 1 aromatic heterocycles. The lowest BCUT2D eigenvalue weighted by molar-refractivity contribution is -0.110. The fourth-order valence-electron chi connectivity index (χ4n) is 2.97. The zero-order chi connectivity index (χ0) is 17.4.